The standard InChI is InChI=1S/C55H53N3O10/c1-8-28-67-50-43(36(5)59)22-24-46(52(50)65-6)58-55(64)44-23-25-45(53(66-7)51(44)68-29-9-2)57-54(63)41-20-16-39(17-21-41)32-48(61)42(26-27-56)33-49(62)40-18-14-38(15-19-40)31-47(60)35(4)30-37-12-10-34(3)11-13-37/h8-25,30,42H,1-2,26,28-29,31-33H2,3-7H3,(H,57,63)(H,58,64)/b35-30+/t42-/m1/s1. The number of allylic oxidation sites excluding steroid dienone is 1. The van der Waals surface area contributed by atoms with Gasteiger partial charge in [-0.15, -0.1) is 0 Å². The number of nitrogens with zero attached hydrogens (tertiary/aromatic N) is 1. The number of benzene rings is 5. The van der Waals surface area contributed by atoms with Crippen LogP contribution < -0.4 is 29.6 Å². The van der Waals surface area contributed by atoms with E-state index in [-0.39, 0.29) is 113 Å². The Bertz CT molecular complexity index is 2780. The molecule has 5 aromatic carbocycles. The zero-order valence-corrected chi connectivity index (χ0v) is 38.7. The Hall–Kier alpha value is -8.37. The Labute approximate surface area is 396 Å². The van der Waals surface area contributed by atoms with Crippen LogP contribution in [0.4, 0.5) is 11.4 Å². The van der Waals surface area contributed by atoms with E-state index < -0.39 is 17.7 Å². The number of aryl methyl sites for hydroxylation is 1. The van der Waals surface area contributed by atoms with E-state index in [0.29, 0.717) is 16.7 Å². The maximum absolute atomic E-state index is 13.8. The quantitative estimate of drug-likeness (QED) is 0.0341. The molecule has 13 heteroatoms. The highest BCUT2D eigenvalue weighted by Gasteiger charge is 2.26. The van der Waals surface area contributed by atoms with Crippen molar-refractivity contribution in [2.24, 2.45) is 5.92 Å². The zero-order valence-electron chi connectivity index (χ0n) is 38.7. The molecule has 68 heavy (non-hydrogen) atoms. The maximum atomic E-state index is 13.8. The minimum atomic E-state index is -0.857. The maximum Gasteiger partial charge on any atom is 0.259 e. The molecule has 0 aliphatic heterocycles. The van der Waals surface area contributed by atoms with Crippen LogP contribution in [0.15, 0.2) is 128 Å². The van der Waals surface area contributed by atoms with Crippen LogP contribution in [0.5, 0.6) is 23.0 Å². The van der Waals surface area contributed by atoms with Gasteiger partial charge in [0.05, 0.1) is 42.8 Å². The first-order valence-corrected chi connectivity index (χ1v) is 21.6. The summed E-state index contributed by atoms with van der Waals surface area (Å²) in [4.78, 5) is 79.5. The molecule has 2 N–H and O–H groups in total. The number of hydrogen-bond acceptors (Lipinski definition) is 11. The number of ketones is 4. The summed E-state index contributed by atoms with van der Waals surface area (Å²) >= 11 is 0. The molecule has 1 atom stereocenters. The van der Waals surface area contributed by atoms with Gasteiger partial charge in [-0.1, -0.05) is 91.5 Å². The van der Waals surface area contributed by atoms with Gasteiger partial charge in [-0.25, -0.2) is 0 Å². The van der Waals surface area contributed by atoms with E-state index in [4.69, 9.17) is 18.9 Å². The fourth-order valence-electron chi connectivity index (χ4n) is 7.14. The van der Waals surface area contributed by atoms with Crippen LogP contribution in [0.3, 0.4) is 0 Å². The number of rotatable bonds is 24. The van der Waals surface area contributed by atoms with Gasteiger partial charge in [0.2, 0.25) is 0 Å². The van der Waals surface area contributed by atoms with E-state index in [1.807, 2.05) is 43.3 Å². The summed E-state index contributed by atoms with van der Waals surface area (Å²) in [6.45, 7) is 12.6. The molecule has 0 bridgehead atoms. The topological polar surface area (TPSA) is 187 Å². The van der Waals surface area contributed by atoms with Crippen molar-refractivity contribution in [2.45, 2.75) is 46.5 Å². The molecule has 0 unspecified atom stereocenters. The van der Waals surface area contributed by atoms with E-state index in [9.17, 15) is 34.0 Å². The van der Waals surface area contributed by atoms with E-state index in [1.165, 1.54) is 69.7 Å². The summed E-state index contributed by atoms with van der Waals surface area (Å²) < 4.78 is 22.9. The van der Waals surface area contributed by atoms with Crippen LogP contribution in [-0.4, -0.2) is 62.4 Å². The van der Waals surface area contributed by atoms with Gasteiger partial charge in [0.25, 0.3) is 11.8 Å². The van der Waals surface area contributed by atoms with Gasteiger partial charge in [0.1, 0.15) is 19.0 Å². The van der Waals surface area contributed by atoms with Crippen molar-refractivity contribution in [3.63, 3.8) is 0 Å². The lowest BCUT2D eigenvalue weighted by Gasteiger charge is -2.20. The first-order chi connectivity index (χ1) is 32.7. The first-order valence-electron chi connectivity index (χ1n) is 21.6. The number of hydrogen-bond donors (Lipinski definition) is 2. The van der Waals surface area contributed by atoms with Crippen molar-refractivity contribution in [2.75, 3.05) is 38.1 Å². The molecular weight excluding hydrogens is 863 g/mol. The summed E-state index contributed by atoms with van der Waals surface area (Å²) in [5, 5.41) is 15.1. The number of carbonyl (C=O) groups excluding carboxylic acids is 6. The molecule has 0 aliphatic carbocycles. The molecule has 0 aromatic heterocycles. The van der Waals surface area contributed by atoms with Gasteiger partial charge in [0.15, 0.2) is 40.3 Å². The number of Topliss-reactive ketones (excluding diaryl/α,β-unsaturated/α-hetero) is 4. The predicted molar refractivity (Wildman–Crippen MR) is 261 cm³/mol. The number of nitriles is 1. The number of methoxy groups -OCH3 is 2. The SMILES string of the molecule is C=CCOc1c(C(C)=O)ccc(NC(=O)c2ccc(NC(=O)c3ccc(CC(=O)[C@H](CC#N)CC(=O)c4ccc(CC(=O)/C(C)=C/c5ccc(C)cc5)cc4)cc3)c(OC)c2OCC=C)c1OC. The smallest absolute Gasteiger partial charge is 0.259 e. The highest BCUT2D eigenvalue weighted by molar-refractivity contribution is 6.11. The minimum Gasteiger partial charge on any atom is -0.491 e. The molecular formula is C55H53N3O10. The van der Waals surface area contributed by atoms with E-state index in [0.717, 1.165) is 16.7 Å². The van der Waals surface area contributed by atoms with Crippen LogP contribution in [-0.2, 0) is 22.4 Å². The monoisotopic (exact) mass is 915 g/mol. The summed E-state index contributed by atoms with van der Waals surface area (Å²) in [7, 11) is 2.73. The lowest BCUT2D eigenvalue weighted by atomic mass is 9.89. The van der Waals surface area contributed by atoms with Crippen LogP contribution in [0, 0.1) is 24.2 Å². The molecule has 5 aromatic rings. The van der Waals surface area contributed by atoms with Gasteiger partial charge in [-0.05, 0) is 85.5 Å². The number of ether oxygens (including phenoxy) is 4. The fourth-order valence-corrected chi connectivity index (χ4v) is 7.14. The molecule has 0 spiro atoms. The van der Waals surface area contributed by atoms with Gasteiger partial charge < -0.3 is 29.6 Å². The average Bonchev–Trinajstić information content (AvgIpc) is 3.33. The Kier molecular flexibility index (Phi) is 18.0. The van der Waals surface area contributed by atoms with Crippen molar-refractivity contribution in [3.05, 3.63) is 172 Å². The summed E-state index contributed by atoms with van der Waals surface area (Å²) in [5.74, 6) is -2.64. The summed E-state index contributed by atoms with van der Waals surface area (Å²) in [5.41, 5.74) is 5.28. The molecule has 0 fully saturated rings. The number of carbonyl (C=O) groups is 6. The zero-order chi connectivity index (χ0) is 49.3. The lowest BCUT2D eigenvalue weighted by Crippen LogP contribution is -2.20. The van der Waals surface area contributed by atoms with Crippen molar-refractivity contribution < 1.29 is 47.7 Å². The first kappa shape index (κ1) is 50.6. The average molecular weight is 916 g/mol. The van der Waals surface area contributed by atoms with Crippen molar-refractivity contribution >= 4 is 52.4 Å². The Morgan fingerprint density at radius 1 is 0.647 bits per heavy atom. The van der Waals surface area contributed by atoms with Gasteiger partial charge in [-0.2, -0.15) is 5.26 Å². The van der Waals surface area contributed by atoms with Gasteiger partial charge in [-0.3, -0.25) is 28.8 Å². The van der Waals surface area contributed by atoms with Crippen molar-refractivity contribution in [1.29, 1.82) is 5.26 Å². The molecule has 0 saturated heterocycles. The molecule has 0 radical (unpaired) electrons. The van der Waals surface area contributed by atoms with Crippen LogP contribution in [0.1, 0.15) is 90.4 Å². The van der Waals surface area contributed by atoms with Crippen LogP contribution in [0.25, 0.3) is 6.08 Å². The highest BCUT2D eigenvalue weighted by atomic mass is 16.5. The van der Waals surface area contributed by atoms with Crippen molar-refractivity contribution in [1.82, 2.24) is 0 Å². The van der Waals surface area contributed by atoms with Gasteiger partial charge >= 0.3 is 0 Å². The Morgan fingerprint density at radius 2 is 1.16 bits per heavy atom. The highest BCUT2D eigenvalue weighted by Crippen LogP contribution is 2.42. The fraction of sp³-hybridized carbons (Fsp3) is 0.218. The lowest BCUT2D eigenvalue weighted by molar-refractivity contribution is -0.122. The number of nitrogens with one attached hydrogen (secondary N) is 2. The molecule has 348 valence electrons. The number of anilines is 2. The van der Waals surface area contributed by atoms with E-state index in [1.54, 1.807) is 43.3 Å². The Balaban J connectivity index is 1.24. The van der Waals surface area contributed by atoms with E-state index >= 15 is 0 Å². The second-order valence-corrected chi connectivity index (χ2v) is 15.8. The minimum absolute atomic E-state index is 0.00542. The normalized spacial score (nSPS) is 11.3. The largest absolute Gasteiger partial charge is 0.491 e. The summed E-state index contributed by atoms with van der Waals surface area (Å²) in [6, 6.07) is 28.9. The molecule has 2 amide bonds. The second-order valence-electron chi connectivity index (χ2n) is 15.8. The summed E-state index contributed by atoms with van der Waals surface area (Å²) in [6.07, 6.45) is 4.60. The Morgan fingerprint density at radius 3 is 1.69 bits per heavy atom. The third-order valence-corrected chi connectivity index (χ3v) is 10.8. The third kappa shape index (κ3) is 13.1. The predicted octanol–water partition coefficient (Wildman–Crippen LogP) is 9.98. The molecule has 0 aliphatic rings. The van der Waals surface area contributed by atoms with Crippen molar-refractivity contribution in [3.8, 4) is 29.1 Å². The number of amides is 2. The van der Waals surface area contributed by atoms with Gasteiger partial charge in [0, 0.05) is 42.7 Å². The van der Waals surface area contributed by atoms with Crippen LogP contribution in [0.2, 0.25) is 0 Å². The molecule has 0 saturated carbocycles. The molecule has 5 rings (SSSR count). The van der Waals surface area contributed by atoms with Crippen LogP contribution >= 0.6 is 0 Å². The second kappa shape index (κ2) is 24.2. The molecule has 0 heterocycles. The van der Waals surface area contributed by atoms with E-state index in [2.05, 4.69) is 23.8 Å². The molecule has 13 nitrogen and oxygen atoms in total. The third-order valence-electron chi connectivity index (χ3n) is 10.8.